The summed E-state index contributed by atoms with van der Waals surface area (Å²) in [5.74, 6) is 1.75. The zero-order valence-corrected chi connectivity index (χ0v) is 28.5. The molecular weight excluding hydrogens is 641 g/mol. The molecule has 1 N–H and O–H groups in total. The molecule has 264 valence electrons. The number of amides is 1. The fourth-order valence-electron chi connectivity index (χ4n) is 9.70. The first-order valence-corrected chi connectivity index (χ1v) is 18.2. The maximum atomic E-state index is 14.3. The van der Waals surface area contributed by atoms with Crippen LogP contribution in [-0.2, 0) is 29.2 Å². The zero-order chi connectivity index (χ0) is 34.7. The Hall–Kier alpha value is -3.82. The topological polar surface area (TPSA) is 62.2 Å². The highest BCUT2D eigenvalue weighted by Crippen LogP contribution is 2.66. The SMILES string of the molecule is COc1ccc2c3c1O[C@H]1[C@@H](N(CCCCc4ccccc4)C(=O)C=Cc4cccc(C(F)(F)F)c4)CC[C@@]4(O)[C@@H](C2)N(CC2CC2)CC[C@]314. The number of rotatable bonds is 11. The third kappa shape index (κ3) is 5.61. The van der Waals surface area contributed by atoms with Gasteiger partial charge in [-0.3, -0.25) is 9.69 Å². The van der Waals surface area contributed by atoms with Crippen LogP contribution >= 0.6 is 0 Å². The molecular formula is C41H45F3N2O4. The molecule has 5 aliphatic rings. The Balaban J connectivity index is 1.13. The first kappa shape index (κ1) is 33.3. The molecule has 1 saturated heterocycles. The molecule has 2 heterocycles. The Kier molecular flexibility index (Phi) is 8.50. The Labute approximate surface area is 291 Å². The third-order valence-electron chi connectivity index (χ3n) is 12.2. The molecule has 0 aromatic heterocycles. The number of nitrogens with zero attached hydrogens (tertiary/aromatic N) is 2. The minimum atomic E-state index is -4.47. The van der Waals surface area contributed by atoms with Crippen LogP contribution in [0.25, 0.3) is 6.08 Å². The van der Waals surface area contributed by atoms with Crippen LogP contribution in [0.15, 0.2) is 72.8 Å². The number of benzene rings is 3. The van der Waals surface area contributed by atoms with Crippen molar-refractivity contribution in [2.75, 3.05) is 26.7 Å². The number of carbonyl (C=O) groups excluding carboxylic acids is 1. The minimum Gasteiger partial charge on any atom is -0.493 e. The highest BCUT2D eigenvalue weighted by molar-refractivity contribution is 5.92. The normalized spacial score (nSPS) is 28.3. The molecule has 0 unspecified atom stereocenters. The van der Waals surface area contributed by atoms with E-state index in [1.54, 1.807) is 13.2 Å². The van der Waals surface area contributed by atoms with E-state index >= 15 is 0 Å². The van der Waals surface area contributed by atoms with E-state index in [0.717, 1.165) is 62.9 Å². The molecule has 8 rings (SSSR count). The Morgan fingerprint density at radius 3 is 2.64 bits per heavy atom. The van der Waals surface area contributed by atoms with Crippen LogP contribution in [0.3, 0.4) is 0 Å². The van der Waals surface area contributed by atoms with Crippen molar-refractivity contribution in [3.05, 3.63) is 101 Å². The molecule has 50 heavy (non-hydrogen) atoms. The fraction of sp³-hybridized carbons (Fsp3) is 0.488. The summed E-state index contributed by atoms with van der Waals surface area (Å²) < 4.78 is 53.2. The van der Waals surface area contributed by atoms with Gasteiger partial charge in [0.2, 0.25) is 5.91 Å². The van der Waals surface area contributed by atoms with Crippen LogP contribution in [0.1, 0.15) is 72.8 Å². The van der Waals surface area contributed by atoms with Gasteiger partial charge in [0.05, 0.1) is 29.7 Å². The van der Waals surface area contributed by atoms with Crippen LogP contribution in [0.5, 0.6) is 11.5 Å². The summed E-state index contributed by atoms with van der Waals surface area (Å²) in [4.78, 5) is 18.7. The van der Waals surface area contributed by atoms with Gasteiger partial charge < -0.3 is 19.5 Å². The summed E-state index contributed by atoms with van der Waals surface area (Å²) in [5, 5.41) is 13.0. The average Bonchev–Trinajstić information content (AvgIpc) is 3.86. The molecule has 3 fully saturated rings. The molecule has 0 radical (unpaired) electrons. The lowest BCUT2D eigenvalue weighted by molar-refractivity contribution is -0.201. The van der Waals surface area contributed by atoms with Gasteiger partial charge in [-0.25, -0.2) is 0 Å². The quantitative estimate of drug-likeness (QED) is 0.171. The molecule has 3 aliphatic carbocycles. The number of carbonyl (C=O) groups is 1. The van der Waals surface area contributed by atoms with Crippen LogP contribution < -0.4 is 9.47 Å². The molecule has 2 saturated carbocycles. The summed E-state index contributed by atoms with van der Waals surface area (Å²) >= 11 is 0. The van der Waals surface area contributed by atoms with E-state index in [2.05, 4.69) is 23.1 Å². The van der Waals surface area contributed by atoms with Crippen molar-refractivity contribution < 1.29 is 32.5 Å². The zero-order valence-electron chi connectivity index (χ0n) is 28.5. The number of alkyl halides is 3. The number of hydrogen-bond acceptors (Lipinski definition) is 5. The monoisotopic (exact) mass is 686 g/mol. The minimum absolute atomic E-state index is 0.0356. The van der Waals surface area contributed by atoms with Gasteiger partial charge in [0.15, 0.2) is 11.5 Å². The van der Waals surface area contributed by atoms with Gasteiger partial charge in [-0.1, -0.05) is 48.5 Å². The van der Waals surface area contributed by atoms with Gasteiger partial charge >= 0.3 is 6.18 Å². The highest BCUT2D eigenvalue weighted by atomic mass is 19.4. The van der Waals surface area contributed by atoms with Crippen molar-refractivity contribution in [2.24, 2.45) is 5.92 Å². The van der Waals surface area contributed by atoms with Crippen molar-refractivity contribution in [3.8, 4) is 11.5 Å². The first-order chi connectivity index (χ1) is 24.1. The molecule has 2 bridgehead atoms. The maximum Gasteiger partial charge on any atom is 0.416 e. The number of ether oxygens (including phenoxy) is 2. The number of unbranched alkanes of at least 4 members (excludes halogenated alkanes) is 1. The lowest BCUT2D eigenvalue weighted by Crippen LogP contribution is -2.78. The largest absolute Gasteiger partial charge is 0.493 e. The molecule has 6 nitrogen and oxygen atoms in total. The molecule has 1 amide bonds. The predicted molar refractivity (Wildman–Crippen MR) is 185 cm³/mol. The first-order valence-electron chi connectivity index (χ1n) is 18.2. The van der Waals surface area contributed by atoms with E-state index in [0.29, 0.717) is 42.4 Å². The van der Waals surface area contributed by atoms with Gasteiger partial charge in [-0.2, -0.15) is 13.2 Å². The van der Waals surface area contributed by atoms with E-state index < -0.39 is 28.9 Å². The fourth-order valence-corrected chi connectivity index (χ4v) is 9.70. The summed E-state index contributed by atoms with van der Waals surface area (Å²) in [7, 11) is 1.63. The standard InChI is InChI=1S/C41H45F3N2O4/c1-49-33-17-16-30-25-34-40(48)20-19-32(38-39(40,36(30)37(33)50-38)21-23-45(34)26-29-13-14-29)46(22-6-5-10-27-8-3-2-4-9-27)35(47)18-15-28-11-7-12-31(24-28)41(42,43)44/h2-4,7-9,11-12,15-18,24,29,32,34,38,48H,5-6,10,13-14,19-23,25-26H2,1H3/t32-,34+,38-,39-,40+/m0/s1. The smallest absolute Gasteiger partial charge is 0.416 e. The van der Waals surface area contributed by atoms with E-state index in [9.17, 15) is 23.1 Å². The Morgan fingerprint density at radius 2 is 1.88 bits per heavy atom. The van der Waals surface area contributed by atoms with E-state index in [1.165, 1.54) is 42.2 Å². The summed E-state index contributed by atoms with van der Waals surface area (Å²) in [6, 6.07) is 19.0. The maximum absolute atomic E-state index is 14.3. The number of piperidine rings is 1. The van der Waals surface area contributed by atoms with Gasteiger partial charge in [-0.15, -0.1) is 0 Å². The van der Waals surface area contributed by atoms with Gasteiger partial charge in [0, 0.05) is 30.8 Å². The number of aliphatic hydroxyl groups is 1. The van der Waals surface area contributed by atoms with Crippen molar-refractivity contribution in [1.82, 2.24) is 9.80 Å². The summed E-state index contributed by atoms with van der Waals surface area (Å²) in [5.41, 5.74) is 1.30. The van der Waals surface area contributed by atoms with Crippen molar-refractivity contribution in [2.45, 2.75) is 93.2 Å². The van der Waals surface area contributed by atoms with Crippen LogP contribution in [0, 0.1) is 5.92 Å². The summed E-state index contributed by atoms with van der Waals surface area (Å²) in [6.07, 6.45) is 5.46. The lowest BCUT2D eigenvalue weighted by atomic mass is 9.48. The van der Waals surface area contributed by atoms with E-state index in [1.807, 2.05) is 29.2 Å². The van der Waals surface area contributed by atoms with Gasteiger partial charge in [0.25, 0.3) is 0 Å². The molecule has 5 atom stereocenters. The summed E-state index contributed by atoms with van der Waals surface area (Å²) in [6.45, 7) is 2.32. The second kappa shape index (κ2) is 12.7. The van der Waals surface area contributed by atoms with Gasteiger partial charge in [0.1, 0.15) is 6.10 Å². The van der Waals surface area contributed by atoms with Crippen molar-refractivity contribution in [1.29, 1.82) is 0 Å². The second-order valence-electron chi connectivity index (χ2n) is 15.0. The number of methoxy groups -OCH3 is 1. The molecule has 9 heteroatoms. The molecule has 3 aromatic rings. The Morgan fingerprint density at radius 1 is 1.06 bits per heavy atom. The highest BCUT2D eigenvalue weighted by Gasteiger charge is 2.73. The molecule has 3 aromatic carbocycles. The van der Waals surface area contributed by atoms with E-state index in [-0.39, 0.29) is 18.0 Å². The number of aryl methyl sites for hydroxylation is 1. The van der Waals surface area contributed by atoms with Crippen molar-refractivity contribution >= 4 is 12.0 Å². The predicted octanol–water partition coefficient (Wildman–Crippen LogP) is 7.21. The molecule has 2 aliphatic heterocycles. The van der Waals surface area contributed by atoms with Crippen LogP contribution in [0.4, 0.5) is 13.2 Å². The number of hydrogen-bond donors (Lipinski definition) is 1. The third-order valence-corrected chi connectivity index (χ3v) is 12.2. The van der Waals surface area contributed by atoms with Gasteiger partial charge in [-0.05, 0) is 111 Å². The van der Waals surface area contributed by atoms with Crippen molar-refractivity contribution in [3.63, 3.8) is 0 Å². The lowest BCUT2D eigenvalue weighted by Gasteiger charge is -2.65. The Bertz CT molecular complexity index is 1780. The average molecular weight is 687 g/mol. The molecule has 1 spiro atoms. The van der Waals surface area contributed by atoms with E-state index in [4.69, 9.17) is 9.47 Å². The number of halogens is 3. The van der Waals surface area contributed by atoms with Crippen LogP contribution in [0.2, 0.25) is 0 Å². The van der Waals surface area contributed by atoms with Crippen LogP contribution in [-0.4, -0.2) is 71.3 Å². The second-order valence-corrected chi connectivity index (χ2v) is 15.0. The number of likely N-dealkylation sites (tertiary alicyclic amines) is 1.